The third-order valence-corrected chi connectivity index (χ3v) is 12.7. The van der Waals surface area contributed by atoms with Crippen molar-refractivity contribution < 1.29 is 9.16 Å². The van der Waals surface area contributed by atoms with Gasteiger partial charge in [0.05, 0.1) is 5.02 Å². The Hall–Kier alpha value is -1.63. The second-order valence-corrected chi connectivity index (χ2v) is 15.8. The first kappa shape index (κ1) is 26.4. The van der Waals surface area contributed by atoms with Gasteiger partial charge in [0.2, 0.25) is 0 Å². The van der Waals surface area contributed by atoms with E-state index in [0.29, 0.717) is 11.6 Å². The van der Waals surface area contributed by atoms with E-state index in [9.17, 15) is 0 Å². The van der Waals surface area contributed by atoms with Crippen LogP contribution in [0.2, 0.25) is 10.1 Å². The van der Waals surface area contributed by atoms with Crippen LogP contribution in [0.25, 0.3) is 0 Å². The Morgan fingerprint density at radius 2 is 1.49 bits per heavy atom. The van der Waals surface area contributed by atoms with Crippen molar-refractivity contribution in [1.82, 2.24) is 4.90 Å². The van der Waals surface area contributed by atoms with Crippen LogP contribution >= 0.6 is 27.5 Å². The lowest BCUT2D eigenvalue weighted by Crippen LogP contribution is -2.68. The van der Waals surface area contributed by atoms with E-state index in [1.165, 1.54) is 10.4 Å². The Morgan fingerprint density at radius 3 is 2.00 bits per heavy atom. The average Bonchev–Trinajstić information content (AvgIpc) is 2.85. The highest BCUT2D eigenvalue weighted by Gasteiger charge is 2.51. The monoisotopic (exact) mass is 571 g/mol. The predicted molar refractivity (Wildman–Crippen MR) is 153 cm³/mol. The molecule has 35 heavy (non-hydrogen) atoms. The molecule has 0 spiro atoms. The lowest BCUT2D eigenvalue weighted by molar-refractivity contribution is 0.0850. The van der Waals surface area contributed by atoms with Gasteiger partial charge in [-0.3, -0.25) is 4.90 Å². The van der Waals surface area contributed by atoms with Gasteiger partial charge in [-0.15, -0.1) is 0 Å². The zero-order valence-corrected chi connectivity index (χ0v) is 24.2. The molecule has 6 heteroatoms. The van der Waals surface area contributed by atoms with Crippen LogP contribution < -0.4 is 15.1 Å². The molecule has 0 aromatic heterocycles. The van der Waals surface area contributed by atoms with Gasteiger partial charge in [-0.25, -0.2) is 0 Å². The van der Waals surface area contributed by atoms with E-state index in [1.54, 1.807) is 0 Å². The fraction of sp³-hybridized carbons (Fsp3) is 0.379. The van der Waals surface area contributed by atoms with Crippen LogP contribution in [0.3, 0.4) is 0 Å². The first-order valence-electron chi connectivity index (χ1n) is 12.4. The summed E-state index contributed by atoms with van der Waals surface area (Å²) in [5.74, 6) is 0.736. The van der Waals surface area contributed by atoms with Gasteiger partial charge in [0.15, 0.2) is 0 Å². The Balaban J connectivity index is 1.43. The quantitative estimate of drug-likeness (QED) is 0.287. The first-order chi connectivity index (χ1) is 16.8. The molecule has 3 nitrogen and oxygen atoms in total. The summed E-state index contributed by atoms with van der Waals surface area (Å²) in [6.07, 6.45) is 2.31. The molecule has 4 rings (SSSR count). The molecule has 1 aliphatic heterocycles. The number of hydrogen-bond acceptors (Lipinski definition) is 3. The SMILES string of the molecule is CC(C)(C)[Si](OC1CCN(CCOc2ccc(Br)cc2Cl)CC1)(c1ccccc1)c1ccccc1. The molecule has 0 atom stereocenters. The highest BCUT2D eigenvalue weighted by atomic mass is 79.9. The van der Waals surface area contributed by atoms with E-state index >= 15 is 0 Å². The number of likely N-dealkylation sites (tertiary alicyclic amines) is 1. The van der Waals surface area contributed by atoms with Crippen molar-refractivity contribution in [1.29, 1.82) is 0 Å². The zero-order chi connectivity index (χ0) is 24.9. The number of piperidine rings is 1. The number of benzene rings is 3. The molecule has 0 unspecified atom stereocenters. The molecule has 3 aromatic rings. The molecule has 1 saturated heterocycles. The number of rotatable bonds is 8. The van der Waals surface area contributed by atoms with Gasteiger partial charge in [-0.2, -0.15) is 0 Å². The Bertz CT molecular complexity index is 1040. The van der Waals surface area contributed by atoms with Gasteiger partial charge in [0.1, 0.15) is 12.4 Å². The second-order valence-electron chi connectivity index (χ2n) is 10.2. The third-order valence-electron chi connectivity index (χ3n) is 6.85. The van der Waals surface area contributed by atoms with E-state index in [0.717, 1.165) is 42.7 Å². The normalized spacial score (nSPS) is 15.8. The Morgan fingerprint density at radius 1 is 0.914 bits per heavy atom. The number of halogens is 2. The highest BCUT2D eigenvalue weighted by molar-refractivity contribution is 9.10. The summed E-state index contributed by atoms with van der Waals surface area (Å²) in [6.45, 7) is 10.6. The summed E-state index contributed by atoms with van der Waals surface area (Å²) in [5, 5.41) is 3.34. The van der Waals surface area contributed by atoms with Crippen molar-refractivity contribution in [2.75, 3.05) is 26.2 Å². The van der Waals surface area contributed by atoms with Gasteiger partial charge in [0, 0.05) is 30.2 Å². The second kappa shape index (κ2) is 11.6. The minimum Gasteiger partial charge on any atom is -0.491 e. The summed E-state index contributed by atoms with van der Waals surface area (Å²) in [4.78, 5) is 2.47. The van der Waals surface area contributed by atoms with Gasteiger partial charge in [-0.05, 0) is 46.5 Å². The van der Waals surface area contributed by atoms with E-state index in [1.807, 2.05) is 18.2 Å². The summed E-state index contributed by atoms with van der Waals surface area (Å²) in [6, 6.07) is 27.6. The van der Waals surface area contributed by atoms with Gasteiger partial charge >= 0.3 is 0 Å². The largest absolute Gasteiger partial charge is 0.491 e. The maximum absolute atomic E-state index is 7.32. The topological polar surface area (TPSA) is 21.7 Å². The summed E-state index contributed by atoms with van der Waals surface area (Å²) >= 11 is 9.73. The maximum atomic E-state index is 7.32. The van der Waals surface area contributed by atoms with Crippen LogP contribution in [-0.4, -0.2) is 45.6 Å². The van der Waals surface area contributed by atoms with Crippen molar-refractivity contribution in [2.24, 2.45) is 0 Å². The summed E-state index contributed by atoms with van der Waals surface area (Å²) in [5.41, 5.74) is 0. The molecule has 0 saturated carbocycles. The van der Waals surface area contributed by atoms with Crippen LogP contribution in [0, 0.1) is 0 Å². The molecule has 1 fully saturated rings. The van der Waals surface area contributed by atoms with Gasteiger partial charge in [0.25, 0.3) is 8.32 Å². The van der Waals surface area contributed by atoms with Crippen LogP contribution in [0.4, 0.5) is 0 Å². The van der Waals surface area contributed by atoms with Gasteiger partial charge < -0.3 is 9.16 Å². The molecular weight excluding hydrogens is 538 g/mol. The average molecular weight is 573 g/mol. The standard InChI is InChI=1S/C29H35BrClNO2Si/c1-29(2,3)35(25-10-6-4-7-11-25,26-12-8-5-9-13-26)34-24-16-18-32(19-17-24)20-21-33-28-15-14-23(30)22-27(28)31/h4-15,22,24H,16-21H2,1-3H3. The highest BCUT2D eigenvalue weighted by Crippen LogP contribution is 2.38. The first-order valence-corrected chi connectivity index (χ1v) is 15.5. The van der Waals surface area contributed by atoms with Gasteiger partial charge in [-0.1, -0.05) is 109 Å². The number of nitrogens with zero attached hydrogens (tertiary/aromatic N) is 1. The van der Waals surface area contributed by atoms with Crippen molar-refractivity contribution in [3.05, 3.63) is 88.4 Å². The van der Waals surface area contributed by atoms with Crippen LogP contribution in [0.15, 0.2) is 83.3 Å². The minimum absolute atomic E-state index is 0.00459. The fourth-order valence-corrected chi connectivity index (χ4v) is 10.5. The maximum Gasteiger partial charge on any atom is 0.261 e. The predicted octanol–water partition coefficient (Wildman–Crippen LogP) is 6.52. The molecule has 3 aromatic carbocycles. The van der Waals surface area contributed by atoms with E-state index < -0.39 is 8.32 Å². The van der Waals surface area contributed by atoms with Crippen LogP contribution in [0.1, 0.15) is 33.6 Å². The van der Waals surface area contributed by atoms with Crippen molar-refractivity contribution in [3.8, 4) is 5.75 Å². The van der Waals surface area contributed by atoms with Crippen molar-refractivity contribution >= 4 is 46.2 Å². The molecule has 0 N–H and O–H groups in total. The van der Waals surface area contributed by atoms with E-state index in [4.69, 9.17) is 20.8 Å². The zero-order valence-electron chi connectivity index (χ0n) is 20.8. The molecule has 1 aliphatic rings. The lowest BCUT2D eigenvalue weighted by atomic mass is 10.1. The molecule has 0 bridgehead atoms. The van der Waals surface area contributed by atoms with E-state index in [2.05, 4.69) is 102 Å². The molecule has 0 amide bonds. The molecule has 0 aliphatic carbocycles. The molecule has 0 radical (unpaired) electrons. The molecule has 186 valence electrons. The van der Waals surface area contributed by atoms with Crippen LogP contribution in [0.5, 0.6) is 5.75 Å². The lowest BCUT2D eigenvalue weighted by Gasteiger charge is -2.46. The molecule has 1 heterocycles. The summed E-state index contributed by atoms with van der Waals surface area (Å²) in [7, 11) is -2.50. The molecular formula is C29H35BrClNO2Si. The minimum atomic E-state index is -2.50. The summed E-state index contributed by atoms with van der Waals surface area (Å²) < 4.78 is 14.2. The van der Waals surface area contributed by atoms with Crippen LogP contribution in [-0.2, 0) is 4.43 Å². The van der Waals surface area contributed by atoms with Crippen molar-refractivity contribution in [2.45, 2.75) is 44.8 Å². The van der Waals surface area contributed by atoms with Crippen molar-refractivity contribution in [3.63, 3.8) is 0 Å². The number of ether oxygens (including phenoxy) is 1. The Kier molecular flexibility index (Phi) is 8.77. The number of hydrogen-bond donors (Lipinski definition) is 0. The fourth-order valence-electron chi connectivity index (χ4n) is 5.07. The Labute approximate surface area is 224 Å². The third kappa shape index (κ3) is 6.20. The smallest absolute Gasteiger partial charge is 0.261 e. The van der Waals surface area contributed by atoms with E-state index in [-0.39, 0.29) is 11.1 Å².